The standard InChI is InChI=1S/C15H21NO2/c1-2-3-4-5-6-9-12-16-15(17)13-10-7-8-11-14(13)18-16/h7-8,10-11H,2-6,9,12H2,1H3. The van der Waals surface area contributed by atoms with Crippen LogP contribution < -0.4 is 5.56 Å². The van der Waals surface area contributed by atoms with Gasteiger partial charge in [-0.05, 0) is 18.6 Å². The number of unbranched alkanes of at least 4 members (excludes halogenated alkanes) is 5. The fourth-order valence-corrected chi connectivity index (χ4v) is 2.20. The number of aromatic nitrogens is 1. The molecule has 2 rings (SSSR count). The van der Waals surface area contributed by atoms with E-state index in [1.165, 1.54) is 36.8 Å². The lowest BCUT2D eigenvalue weighted by Crippen LogP contribution is -2.14. The molecular weight excluding hydrogens is 226 g/mol. The normalized spacial score (nSPS) is 11.2. The van der Waals surface area contributed by atoms with Crippen LogP contribution >= 0.6 is 0 Å². The van der Waals surface area contributed by atoms with Gasteiger partial charge in [0, 0.05) is 0 Å². The van der Waals surface area contributed by atoms with Crippen molar-refractivity contribution in [3.63, 3.8) is 0 Å². The summed E-state index contributed by atoms with van der Waals surface area (Å²) in [4.78, 5) is 12.0. The van der Waals surface area contributed by atoms with E-state index in [0.717, 1.165) is 6.42 Å². The molecule has 1 aromatic carbocycles. The van der Waals surface area contributed by atoms with Gasteiger partial charge in [0.05, 0.1) is 11.9 Å². The van der Waals surface area contributed by atoms with Crippen LogP contribution in [0.1, 0.15) is 45.4 Å². The highest BCUT2D eigenvalue weighted by atomic mass is 16.5. The molecule has 0 saturated carbocycles. The summed E-state index contributed by atoms with van der Waals surface area (Å²) in [5.74, 6) is 0. The first-order valence-corrected chi connectivity index (χ1v) is 6.92. The molecule has 98 valence electrons. The maximum Gasteiger partial charge on any atom is 0.290 e. The van der Waals surface area contributed by atoms with E-state index in [9.17, 15) is 4.79 Å². The molecule has 0 saturated heterocycles. The number of para-hydroxylation sites is 1. The van der Waals surface area contributed by atoms with Gasteiger partial charge in [-0.1, -0.05) is 51.2 Å². The van der Waals surface area contributed by atoms with Crippen molar-refractivity contribution in [3.8, 4) is 0 Å². The van der Waals surface area contributed by atoms with E-state index in [4.69, 9.17) is 4.52 Å². The number of rotatable bonds is 7. The molecule has 1 aromatic heterocycles. The van der Waals surface area contributed by atoms with Crippen LogP contribution in [0, 0.1) is 0 Å². The van der Waals surface area contributed by atoms with Crippen molar-refractivity contribution in [2.45, 2.75) is 52.0 Å². The highest BCUT2D eigenvalue weighted by Gasteiger charge is 2.07. The van der Waals surface area contributed by atoms with Crippen molar-refractivity contribution in [2.75, 3.05) is 0 Å². The van der Waals surface area contributed by atoms with Gasteiger partial charge in [0.1, 0.15) is 0 Å². The van der Waals surface area contributed by atoms with Crippen molar-refractivity contribution < 1.29 is 4.52 Å². The van der Waals surface area contributed by atoms with Crippen LogP contribution in [0.5, 0.6) is 0 Å². The van der Waals surface area contributed by atoms with Crippen molar-refractivity contribution >= 4 is 11.0 Å². The second kappa shape index (κ2) is 6.43. The Balaban J connectivity index is 1.88. The highest BCUT2D eigenvalue weighted by Crippen LogP contribution is 2.11. The van der Waals surface area contributed by atoms with Crippen LogP contribution in [0.15, 0.2) is 33.6 Å². The predicted octanol–water partition coefficient (Wildman–Crippen LogP) is 3.96. The van der Waals surface area contributed by atoms with Crippen LogP contribution in [0.3, 0.4) is 0 Å². The van der Waals surface area contributed by atoms with Crippen LogP contribution in [-0.4, -0.2) is 4.74 Å². The minimum atomic E-state index is -0.000779. The Morgan fingerprint density at radius 1 is 1.06 bits per heavy atom. The van der Waals surface area contributed by atoms with Gasteiger partial charge in [0.25, 0.3) is 5.56 Å². The third-order valence-electron chi connectivity index (χ3n) is 3.27. The van der Waals surface area contributed by atoms with E-state index < -0.39 is 0 Å². The van der Waals surface area contributed by atoms with Crippen LogP contribution in [0.25, 0.3) is 11.0 Å². The van der Waals surface area contributed by atoms with Gasteiger partial charge in [-0.25, -0.2) is 0 Å². The van der Waals surface area contributed by atoms with E-state index in [1.807, 2.05) is 24.3 Å². The Labute approximate surface area is 107 Å². The third kappa shape index (κ3) is 3.03. The van der Waals surface area contributed by atoms with E-state index in [-0.39, 0.29) is 5.56 Å². The van der Waals surface area contributed by atoms with Gasteiger partial charge in [0.15, 0.2) is 5.58 Å². The molecule has 0 amide bonds. The molecule has 18 heavy (non-hydrogen) atoms. The molecule has 0 aliphatic heterocycles. The van der Waals surface area contributed by atoms with Crippen molar-refractivity contribution in [2.24, 2.45) is 0 Å². The zero-order valence-corrected chi connectivity index (χ0v) is 11.0. The molecule has 0 aliphatic carbocycles. The van der Waals surface area contributed by atoms with Gasteiger partial charge in [-0.15, -0.1) is 0 Å². The molecule has 2 aromatic rings. The quantitative estimate of drug-likeness (QED) is 0.694. The molecule has 0 N–H and O–H groups in total. The lowest BCUT2D eigenvalue weighted by Gasteiger charge is -2.00. The van der Waals surface area contributed by atoms with E-state index in [2.05, 4.69) is 6.92 Å². The molecule has 1 heterocycles. The number of benzene rings is 1. The number of hydrogen-bond acceptors (Lipinski definition) is 2. The summed E-state index contributed by atoms with van der Waals surface area (Å²) in [7, 11) is 0. The molecule has 3 heteroatoms. The zero-order valence-electron chi connectivity index (χ0n) is 11.0. The highest BCUT2D eigenvalue weighted by molar-refractivity contribution is 5.75. The minimum absolute atomic E-state index is 0.000779. The van der Waals surface area contributed by atoms with Crippen molar-refractivity contribution in [1.29, 1.82) is 0 Å². The summed E-state index contributed by atoms with van der Waals surface area (Å²) in [6.45, 7) is 2.91. The maximum atomic E-state index is 12.0. The maximum absolute atomic E-state index is 12.0. The monoisotopic (exact) mass is 247 g/mol. The van der Waals surface area contributed by atoms with E-state index >= 15 is 0 Å². The Morgan fingerprint density at radius 3 is 2.56 bits per heavy atom. The summed E-state index contributed by atoms with van der Waals surface area (Å²) >= 11 is 0. The Kier molecular flexibility index (Phi) is 4.62. The summed E-state index contributed by atoms with van der Waals surface area (Å²) in [6, 6.07) is 7.42. The molecular formula is C15H21NO2. The summed E-state index contributed by atoms with van der Waals surface area (Å²) in [6.07, 6.45) is 7.31. The fraction of sp³-hybridized carbons (Fsp3) is 0.533. The Bertz CT molecular complexity index is 539. The average Bonchev–Trinajstić information content (AvgIpc) is 2.71. The lowest BCUT2D eigenvalue weighted by molar-refractivity contribution is 0.274. The van der Waals surface area contributed by atoms with Crippen LogP contribution in [-0.2, 0) is 6.54 Å². The summed E-state index contributed by atoms with van der Waals surface area (Å²) in [5, 5.41) is 0.684. The number of fused-ring (bicyclic) bond motifs is 1. The molecule has 0 radical (unpaired) electrons. The topological polar surface area (TPSA) is 35.1 Å². The molecule has 0 fully saturated rings. The first-order chi connectivity index (χ1) is 8.83. The van der Waals surface area contributed by atoms with Crippen LogP contribution in [0.2, 0.25) is 0 Å². The summed E-state index contributed by atoms with van der Waals surface area (Å²) < 4.78 is 7.02. The second-order valence-corrected chi connectivity index (χ2v) is 4.76. The number of nitrogens with zero attached hydrogens (tertiary/aromatic N) is 1. The van der Waals surface area contributed by atoms with Gasteiger partial charge in [-0.2, -0.15) is 4.74 Å². The van der Waals surface area contributed by atoms with Crippen molar-refractivity contribution in [1.82, 2.24) is 4.74 Å². The summed E-state index contributed by atoms with van der Waals surface area (Å²) in [5.41, 5.74) is 0.688. The lowest BCUT2D eigenvalue weighted by atomic mass is 10.1. The third-order valence-corrected chi connectivity index (χ3v) is 3.27. The second-order valence-electron chi connectivity index (χ2n) is 4.76. The molecule has 3 nitrogen and oxygen atoms in total. The number of hydrogen-bond donors (Lipinski definition) is 0. The molecule has 0 bridgehead atoms. The molecule has 0 unspecified atom stereocenters. The molecule has 0 aliphatic rings. The largest absolute Gasteiger partial charge is 0.376 e. The average molecular weight is 247 g/mol. The van der Waals surface area contributed by atoms with E-state index in [0.29, 0.717) is 17.5 Å². The molecule has 0 atom stereocenters. The van der Waals surface area contributed by atoms with Gasteiger partial charge >= 0.3 is 0 Å². The first kappa shape index (κ1) is 12.9. The van der Waals surface area contributed by atoms with Crippen molar-refractivity contribution in [3.05, 3.63) is 34.6 Å². The minimum Gasteiger partial charge on any atom is -0.376 e. The van der Waals surface area contributed by atoms with Gasteiger partial charge in [0.2, 0.25) is 0 Å². The Morgan fingerprint density at radius 2 is 1.78 bits per heavy atom. The predicted molar refractivity (Wildman–Crippen MR) is 73.9 cm³/mol. The Hall–Kier alpha value is -1.51. The fourth-order valence-electron chi connectivity index (χ4n) is 2.20. The zero-order chi connectivity index (χ0) is 12.8. The SMILES string of the molecule is CCCCCCCCn1oc2ccccc2c1=O. The van der Waals surface area contributed by atoms with E-state index in [1.54, 1.807) is 0 Å². The molecule has 0 spiro atoms. The number of aryl methyl sites for hydroxylation is 1. The van der Waals surface area contributed by atoms with Crippen LogP contribution in [0.4, 0.5) is 0 Å². The first-order valence-electron chi connectivity index (χ1n) is 6.92. The van der Waals surface area contributed by atoms with Gasteiger partial charge < -0.3 is 4.52 Å². The van der Waals surface area contributed by atoms with Gasteiger partial charge in [-0.3, -0.25) is 4.79 Å². The smallest absolute Gasteiger partial charge is 0.290 e.